The minimum atomic E-state index is 0.0260. The average molecular weight is 300 g/mol. The Balaban J connectivity index is 1.68. The van der Waals surface area contributed by atoms with Crippen LogP contribution in [0.15, 0.2) is 54.9 Å². The zero-order chi connectivity index (χ0) is 14.8. The molecule has 2 aromatic carbocycles. The highest BCUT2D eigenvalue weighted by molar-refractivity contribution is 6.30. The Kier molecular flexibility index (Phi) is 3.54. The van der Waals surface area contributed by atoms with E-state index < -0.39 is 0 Å². The van der Waals surface area contributed by atoms with E-state index in [1.54, 1.807) is 0 Å². The van der Waals surface area contributed by atoms with Crippen LogP contribution in [0.4, 0.5) is 17.1 Å². The molecule has 2 aromatic rings. The molecule has 0 radical (unpaired) electrons. The van der Waals surface area contributed by atoms with Gasteiger partial charge in [0.2, 0.25) is 5.91 Å². The van der Waals surface area contributed by atoms with Gasteiger partial charge in [-0.3, -0.25) is 4.79 Å². The van der Waals surface area contributed by atoms with E-state index in [4.69, 9.17) is 11.6 Å². The molecule has 3 rings (SSSR count). The summed E-state index contributed by atoms with van der Waals surface area (Å²) in [6, 6.07) is 13.1. The van der Waals surface area contributed by atoms with E-state index in [0.717, 1.165) is 22.6 Å². The molecular formula is C16H14ClN3O. The summed E-state index contributed by atoms with van der Waals surface area (Å²) in [6.07, 6.45) is 0.416. The summed E-state index contributed by atoms with van der Waals surface area (Å²) in [6.45, 7) is 3.94. The van der Waals surface area contributed by atoms with Crippen LogP contribution < -0.4 is 16.0 Å². The van der Waals surface area contributed by atoms with Crippen molar-refractivity contribution >= 4 is 34.6 Å². The van der Waals surface area contributed by atoms with E-state index in [9.17, 15) is 4.79 Å². The summed E-state index contributed by atoms with van der Waals surface area (Å²) in [4.78, 5) is 11.3. The molecule has 0 spiro atoms. The number of halogens is 1. The van der Waals surface area contributed by atoms with Crippen LogP contribution in [-0.2, 0) is 11.2 Å². The van der Waals surface area contributed by atoms with Gasteiger partial charge in [0.05, 0.1) is 6.42 Å². The second kappa shape index (κ2) is 5.50. The number of amides is 1. The van der Waals surface area contributed by atoms with Crippen molar-refractivity contribution in [2.45, 2.75) is 6.42 Å². The molecule has 1 aliphatic heterocycles. The molecule has 1 aliphatic rings. The molecule has 0 atom stereocenters. The van der Waals surface area contributed by atoms with Crippen LogP contribution in [0.25, 0.3) is 0 Å². The van der Waals surface area contributed by atoms with Crippen LogP contribution >= 0.6 is 11.6 Å². The van der Waals surface area contributed by atoms with E-state index in [1.165, 1.54) is 0 Å². The van der Waals surface area contributed by atoms with E-state index in [2.05, 4.69) is 22.5 Å². The molecule has 1 amide bonds. The monoisotopic (exact) mass is 299 g/mol. The highest BCUT2D eigenvalue weighted by atomic mass is 35.5. The van der Waals surface area contributed by atoms with Gasteiger partial charge in [0, 0.05) is 22.1 Å². The first-order valence-corrected chi connectivity index (χ1v) is 6.89. The first kappa shape index (κ1) is 13.5. The second-order valence-corrected chi connectivity index (χ2v) is 5.27. The normalized spacial score (nSPS) is 12.5. The number of benzene rings is 2. The van der Waals surface area contributed by atoms with Gasteiger partial charge in [-0.1, -0.05) is 24.2 Å². The molecule has 0 aromatic heterocycles. The van der Waals surface area contributed by atoms with Crippen LogP contribution in [-0.4, -0.2) is 5.91 Å². The van der Waals surface area contributed by atoms with Gasteiger partial charge < -0.3 is 16.0 Å². The first-order chi connectivity index (χ1) is 10.1. The molecule has 0 fully saturated rings. The fraction of sp³-hybridized carbons (Fsp3) is 0.0625. The molecule has 0 saturated heterocycles. The van der Waals surface area contributed by atoms with Crippen molar-refractivity contribution in [3.63, 3.8) is 0 Å². The molecule has 21 heavy (non-hydrogen) atoms. The Morgan fingerprint density at radius 1 is 1.14 bits per heavy atom. The molecule has 1 heterocycles. The smallest absolute Gasteiger partial charge is 0.228 e. The molecule has 0 unspecified atom stereocenters. The third-order valence-corrected chi connectivity index (χ3v) is 3.38. The van der Waals surface area contributed by atoms with Crippen molar-refractivity contribution in [3.05, 3.63) is 65.5 Å². The second-order valence-electron chi connectivity index (χ2n) is 4.84. The van der Waals surface area contributed by atoms with Gasteiger partial charge >= 0.3 is 0 Å². The van der Waals surface area contributed by atoms with Gasteiger partial charge in [-0.15, -0.1) is 0 Å². The molecule has 4 nitrogen and oxygen atoms in total. The summed E-state index contributed by atoms with van der Waals surface area (Å²) < 4.78 is 0. The lowest BCUT2D eigenvalue weighted by Gasteiger charge is -2.13. The topological polar surface area (TPSA) is 53.2 Å². The van der Waals surface area contributed by atoms with Crippen LogP contribution in [0.3, 0.4) is 0 Å². The van der Waals surface area contributed by atoms with E-state index >= 15 is 0 Å². The predicted octanol–water partition coefficient (Wildman–Crippen LogP) is 3.83. The number of hydrogen-bond donors (Lipinski definition) is 3. The quantitative estimate of drug-likeness (QED) is 0.804. The van der Waals surface area contributed by atoms with Crippen LogP contribution in [0.5, 0.6) is 0 Å². The fourth-order valence-corrected chi connectivity index (χ4v) is 2.44. The Hall–Kier alpha value is -2.46. The number of carbonyl (C=O) groups is 1. The molecule has 106 valence electrons. The standard InChI is InChI=1S/C16H14ClN3O/c1-10(18-13-4-2-3-12(17)9-13)19-14-5-6-15-11(7-14)8-16(21)20-15/h2-7,9,18-19H,1,8H2,(H,20,21). The SMILES string of the molecule is C=C(Nc1cccc(Cl)c1)Nc1ccc2c(c1)CC(=O)N2. The number of anilines is 3. The van der Waals surface area contributed by atoms with Gasteiger partial charge in [0.1, 0.15) is 5.82 Å². The summed E-state index contributed by atoms with van der Waals surface area (Å²) in [5.74, 6) is 0.660. The number of hydrogen-bond acceptors (Lipinski definition) is 3. The summed E-state index contributed by atoms with van der Waals surface area (Å²) >= 11 is 5.94. The van der Waals surface area contributed by atoms with Crippen molar-refractivity contribution in [1.29, 1.82) is 0 Å². The zero-order valence-electron chi connectivity index (χ0n) is 11.2. The number of carbonyl (C=O) groups excluding carboxylic acids is 1. The molecule has 3 N–H and O–H groups in total. The minimum Gasteiger partial charge on any atom is -0.342 e. The van der Waals surface area contributed by atoms with E-state index in [-0.39, 0.29) is 5.91 Å². The molecule has 0 aliphatic carbocycles. The van der Waals surface area contributed by atoms with Crippen LogP contribution in [0.1, 0.15) is 5.56 Å². The zero-order valence-corrected chi connectivity index (χ0v) is 12.0. The van der Waals surface area contributed by atoms with Crippen molar-refractivity contribution in [3.8, 4) is 0 Å². The highest BCUT2D eigenvalue weighted by Crippen LogP contribution is 2.26. The van der Waals surface area contributed by atoms with Crippen LogP contribution in [0.2, 0.25) is 5.02 Å². The third kappa shape index (κ3) is 3.17. The third-order valence-electron chi connectivity index (χ3n) is 3.15. The Bertz CT molecular complexity index is 727. The van der Waals surface area contributed by atoms with Crippen molar-refractivity contribution in [1.82, 2.24) is 0 Å². The highest BCUT2D eigenvalue weighted by Gasteiger charge is 2.17. The maximum atomic E-state index is 11.3. The van der Waals surface area contributed by atoms with Gasteiger partial charge in [-0.05, 0) is 42.0 Å². The van der Waals surface area contributed by atoms with Gasteiger partial charge in [-0.2, -0.15) is 0 Å². The minimum absolute atomic E-state index is 0.0260. The number of rotatable bonds is 4. The van der Waals surface area contributed by atoms with E-state index in [1.807, 2.05) is 42.5 Å². The van der Waals surface area contributed by atoms with Crippen molar-refractivity contribution in [2.24, 2.45) is 0 Å². The molecule has 0 saturated carbocycles. The van der Waals surface area contributed by atoms with Crippen LogP contribution in [0, 0.1) is 0 Å². The maximum Gasteiger partial charge on any atom is 0.228 e. The Morgan fingerprint density at radius 2 is 1.90 bits per heavy atom. The van der Waals surface area contributed by atoms with Crippen molar-refractivity contribution in [2.75, 3.05) is 16.0 Å². The fourth-order valence-electron chi connectivity index (χ4n) is 2.25. The lowest BCUT2D eigenvalue weighted by Crippen LogP contribution is -2.08. The van der Waals surface area contributed by atoms with Gasteiger partial charge in [-0.25, -0.2) is 0 Å². The lowest BCUT2D eigenvalue weighted by molar-refractivity contribution is -0.115. The average Bonchev–Trinajstić information content (AvgIpc) is 2.78. The largest absolute Gasteiger partial charge is 0.342 e. The molecular weight excluding hydrogens is 286 g/mol. The maximum absolute atomic E-state index is 11.3. The number of fused-ring (bicyclic) bond motifs is 1. The van der Waals surface area contributed by atoms with Crippen molar-refractivity contribution < 1.29 is 4.79 Å². The summed E-state index contributed by atoms with van der Waals surface area (Å²) in [5, 5.41) is 9.77. The predicted molar refractivity (Wildman–Crippen MR) is 86.6 cm³/mol. The Morgan fingerprint density at radius 3 is 2.67 bits per heavy atom. The van der Waals surface area contributed by atoms with Gasteiger partial charge in [0.25, 0.3) is 0 Å². The first-order valence-electron chi connectivity index (χ1n) is 6.51. The molecule has 5 heteroatoms. The number of nitrogens with one attached hydrogen (secondary N) is 3. The Labute approximate surface area is 127 Å². The van der Waals surface area contributed by atoms with Gasteiger partial charge in [0.15, 0.2) is 0 Å². The summed E-state index contributed by atoms with van der Waals surface area (Å²) in [5.41, 5.74) is 3.60. The summed E-state index contributed by atoms with van der Waals surface area (Å²) in [7, 11) is 0. The van der Waals surface area contributed by atoms with E-state index in [0.29, 0.717) is 17.3 Å². The lowest BCUT2D eigenvalue weighted by atomic mass is 10.1. The molecule has 0 bridgehead atoms.